The quantitative estimate of drug-likeness (QED) is 0.222. The van der Waals surface area contributed by atoms with Crippen molar-refractivity contribution in [1.82, 2.24) is 0 Å². The van der Waals surface area contributed by atoms with E-state index in [1.165, 1.54) is 0 Å². The van der Waals surface area contributed by atoms with E-state index < -0.39 is 0 Å². The molecule has 0 unspecified atom stereocenters. The van der Waals surface area contributed by atoms with Gasteiger partial charge in [0.15, 0.2) is 11.2 Å². The highest BCUT2D eigenvalue weighted by Crippen LogP contribution is 2.42. The van der Waals surface area contributed by atoms with Crippen molar-refractivity contribution in [3.8, 4) is 11.1 Å². The van der Waals surface area contributed by atoms with E-state index in [0.717, 1.165) is 83.2 Å². The van der Waals surface area contributed by atoms with Crippen molar-refractivity contribution in [1.29, 1.82) is 0 Å². The van der Waals surface area contributed by atoms with Crippen LogP contribution in [0.5, 0.6) is 0 Å². The fourth-order valence-corrected chi connectivity index (χ4v) is 6.09. The van der Waals surface area contributed by atoms with E-state index in [9.17, 15) is 0 Å². The predicted octanol–water partition coefficient (Wildman–Crippen LogP) is 11.4. The Kier molecular flexibility index (Phi) is 4.87. The molecule has 0 aliphatic carbocycles. The molecule has 0 spiro atoms. The summed E-state index contributed by atoms with van der Waals surface area (Å²) in [6.45, 7) is 0. The molecule has 3 heterocycles. The van der Waals surface area contributed by atoms with Crippen molar-refractivity contribution in [2.45, 2.75) is 0 Å². The zero-order valence-electron chi connectivity index (χ0n) is 22.5. The lowest BCUT2D eigenvalue weighted by molar-refractivity contribution is 0.653. The van der Waals surface area contributed by atoms with Crippen LogP contribution in [0, 0.1) is 0 Å². The first-order valence-corrected chi connectivity index (χ1v) is 14.0. The molecule has 0 saturated heterocycles. The van der Waals surface area contributed by atoms with Crippen LogP contribution >= 0.6 is 0 Å². The van der Waals surface area contributed by atoms with E-state index in [4.69, 9.17) is 13.3 Å². The molecule has 0 fully saturated rings. The second-order valence-electron chi connectivity index (χ2n) is 10.6. The molecule has 3 aromatic heterocycles. The standard InChI is InChI=1S/C38H23NO3/c1-2-10-26(11-3-1)39(28-18-19-31-36(23-28)42-37-30-14-5-7-16-34(30)41-38(31)37)27-12-8-9-24(21-27)25-17-20-35-32(22-25)29-13-4-6-15-33(29)40-35/h1-23H. The normalized spacial score (nSPS) is 11.8. The molecule has 0 N–H and O–H groups in total. The highest BCUT2D eigenvalue weighted by atomic mass is 16.4. The predicted molar refractivity (Wildman–Crippen MR) is 171 cm³/mol. The molecule has 9 rings (SSSR count). The fourth-order valence-electron chi connectivity index (χ4n) is 6.09. The van der Waals surface area contributed by atoms with Gasteiger partial charge < -0.3 is 18.2 Å². The number of rotatable bonds is 4. The van der Waals surface area contributed by atoms with Gasteiger partial charge in [0.05, 0.1) is 10.8 Å². The number of anilines is 3. The smallest absolute Gasteiger partial charge is 0.181 e. The average Bonchev–Trinajstić information content (AvgIpc) is 3.71. The maximum absolute atomic E-state index is 6.40. The lowest BCUT2D eigenvalue weighted by Crippen LogP contribution is -2.09. The first kappa shape index (κ1) is 23.0. The van der Waals surface area contributed by atoms with Gasteiger partial charge >= 0.3 is 0 Å². The fraction of sp³-hybridized carbons (Fsp3) is 0. The Morgan fingerprint density at radius 1 is 0.333 bits per heavy atom. The molecule has 4 heteroatoms. The molecule has 0 atom stereocenters. The molecule has 0 bridgehead atoms. The summed E-state index contributed by atoms with van der Waals surface area (Å²) >= 11 is 0. The third-order valence-corrected chi connectivity index (χ3v) is 8.06. The van der Waals surface area contributed by atoms with E-state index in [1.54, 1.807) is 0 Å². The molecule has 0 amide bonds. The van der Waals surface area contributed by atoms with Gasteiger partial charge in [-0.15, -0.1) is 0 Å². The van der Waals surface area contributed by atoms with Crippen molar-refractivity contribution < 1.29 is 13.3 Å². The lowest BCUT2D eigenvalue weighted by Gasteiger charge is -2.26. The SMILES string of the molecule is c1ccc(N(c2cccc(-c3ccc4oc5ccccc5c4c3)c2)c2ccc3c(c2)oc2c4ccccc4oc32)cc1. The summed E-state index contributed by atoms with van der Waals surface area (Å²) in [5.74, 6) is 0. The molecule has 0 saturated carbocycles. The number of furan rings is 3. The van der Waals surface area contributed by atoms with Gasteiger partial charge in [0.1, 0.15) is 22.3 Å². The highest BCUT2D eigenvalue weighted by molar-refractivity contribution is 6.13. The average molecular weight is 542 g/mol. The first-order valence-electron chi connectivity index (χ1n) is 14.0. The Balaban J connectivity index is 1.19. The number of nitrogens with zero attached hydrogens (tertiary/aromatic N) is 1. The number of benzene rings is 6. The summed E-state index contributed by atoms with van der Waals surface area (Å²) < 4.78 is 18.6. The largest absolute Gasteiger partial charge is 0.456 e. The molecule has 0 aliphatic heterocycles. The van der Waals surface area contributed by atoms with Crippen LogP contribution in [0.25, 0.3) is 66.2 Å². The van der Waals surface area contributed by atoms with Crippen LogP contribution in [-0.2, 0) is 0 Å². The Morgan fingerprint density at radius 2 is 0.952 bits per heavy atom. The zero-order valence-corrected chi connectivity index (χ0v) is 22.5. The van der Waals surface area contributed by atoms with E-state index in [2.05, 4.69) is 102 Å². The van der Waals surface area contributed by atoms with Gasteiger partial charge in [-0.3, -0.25) is 0 Å². The van der Waals surface area contributed by atoms with Crippen molar-refractivity contribution >= 4 is 72.1 Å². The maximum atomic E-state index is 6.40. The summed E-state index contributed by atoms with van der Waals surface area (Å²) in [7, 11) is 0. The summed E-state index contributed by atoms with van der Waals surface area (Å²) in [6.07, 6.45) is 0. The van der Waals surface area contributed by atoms with Gasteiger partial charge in [-0.2, -0.15) is 0 Å². The highest BCUT2D eigenvalue weighted by Gasteiger charge is 2.19. The lowest BCUT2D eigenvalue weighted by atomic mass is 10.0. The van der Waals surface area contributed by atoms with Gasteiger partial charge in [0.2, 0.25) is 0 Å². The zero-order chi connectivity index (χ0) is 27.6. The van der Waals surface area contributed by atoms with Crippen LogP contribution < -0.4 is 4.90 Å². The molecule has 6 aromatic carbocycles. The van der Waals surface area contributed by atoms with Gasteiger partial charge in [0.25, 0.3) is 0 Å². The van der Waals surface area contributed by atoms with Crippen LogP contribution in [0.2, 0.25) is 0 Å². The number of para-hydroxylation sites is 3. The Bertz CT molecular complexity index is 2430. The van der Waals surface area contributed by atoms with Crippen LogP contribution in [0.3, 0.4) is 0 Å². The maximum Gasteiger partial charge on any atom is 0.181 e. The Hall–Kier alpha value is -5.74. The van der Waals surface area contributed by atoms with Crippen molar-refractivity contribution in [3.05, 3.63) is 140 Å². The van der Waals surface area contributed by atoms with Gasteiger partial charge in [-0.05, 0) is 77.9 Å². The molecular formula is C38H23NO3. The summed E-state index contributed by atoms with van der Waals surface area (Å²) in [5, 5.41) is 4.20. The van der Waals surface area contributed by atoms with Crippen LogP contribution in [0.4, 0.5) is 17.1 Å². The number of fused-ring (bicyclic) bond motifs is 8. The minimum Gasteiger partial charge on any atom is -0.456 e. The second-order valence-corrected chi connectivity index (χ2v) is 10.6. The minimum absolute atomic E-state index is 0.785. The molecule has 198 valence electrons. The third kappa shape index (κ3) is 3.49. The summed E-state index contributed by atoms with van der Waals surface area (Å²) in [4.78, 5) is 2.26. The summed E-state index contributed by atoms with van der Waals surface area (Å²) in [6, 6.07) is 48.0. The molecule has 42 heavy (non-hydrogen) atoms. The van der Waals surface area contributed by atoms with Crippen molar-refractivity contribution in [3.63, 3.8) is 0 Å². The molecule has 9 aromatic rings. The van der Waals surface area contributed by atoms with E-state index in [0.29, 0.717) is 0 Å². The Morgan fingerprint density at radius 3 is 1.81 bits per heavy atom. The number of hydrogen-bond acceptors (Lipinski definition) is 4. The summed E-state index contributed by atoms with van der Waals surface area (Å²) in [5.41, 5.74) is 10.4. The van der Waals surface area contributed by atoms with Gasteiger partial charge in [-0.1, -0.05) is 66.7 Å². The van der Waals surface area contributed by atoms with Crippen LogP contribution in [-0.4, -0.2) is 0 Å². The molecule has 0 aliphatic rings. The minimum atomic E-state index is 0.785. The van der Waals surface area contributed by atoms with Gasteiger partial charge in [0, 0.05) is 33.9 Å². The second kappa shape index (κ2) is 8.88. The molecule has 0 radical (unpaired) electrons. The molecule has 4 nitrogen and oxygen atoms in total. The van der Waals surface area contributed by atoms with Crippen molar-refractivity contribution in [2.24, 2.45) is 0 Å². The molecular weight excluding hydrogens is 518 g/mol. The number of hydrogen-bond donors (Lipinski definition) is 0. The van der Waals surface area contributed by atoms with Crippen molar-refractivity contribution in [2.75, 3.05) is 4.90 Å². The topological polar surface area (TPSA) is 42.7 Å². The first-order chi connectivity index (χ1) is 20.8. The van der Waals surface area contributed by atoms with E-state index in [1.807, 2.05) is 42.5 Å². The van der Waals surface area contributed by atoms with E-state index >= 15 is 0 Å². The van der Waals surface area contributed by atoms with Crippen LogP contribution in [0.15, 0.2) is 153 Å². The van der Waals surface area contributed by atoms with Crippen LogP contribution in [0.1, 0.15) is 0 Å². The van der Waals surface area contributed by atoms with E-state index in [-0.39, 0.29) is 0 Å². The monoisotopic (exact) mass is 541 g/mol. The Labute approximate surface area is 240 Å². The van der Waals surface area contributed by atoms with Gasteiger partial charge in [-0.25, -0.2) is 0 Å². The third-order valence-electron chi connectivity index (χ3n) is 8.06.